The summed E-state index contributed by atoms with van der Waals surface area (Å²) in [7, 11) is 0. The first-order valence-corrected chi connectivity index (χ1v) is 0. The fourth-order valence-electron chi connectivity index (χ4n) is 0. The summed E-state index contributed by atoms with van der Waals surface area (Å²) in [6.45, 7) is 0. The second-order valence-electron chi connectivity index (χ2n) is 0. The Balaban J connectivity index is 0. The second-order valence-corrected chi connectivity index (χ2v) is 0. The molecule has 0 aromatic rings. The number of rotatable bonds is 0. The minimum Gasteiger partial charge on any atom is -1.00 e. The van der Waals surface area contributed by atoms with Crippen LogP contribution in [0.3, 0.4) is 0 Å². The van der Waals surface area contributed by atoms with Gasteiger partial charge in [0.1, 0.15) is 0 Å². The van der Waals surface area contributed by atoms with Crippen molar-refractivity contribution in [3.8, 4) is 0 Å². The first-order chi connectivity index (χ1) is 0. The van der Waals surface area contributed by atoms with E-state index in [4.69, 9.17) is 0 Å². The van der Waals surface area contributed by atoms with Crippen molar-refractivity contribution < 1.29 is 111 Å². The van der Waals surface area contributed by atoms with Gasteiger partial charge in [0, 0.05) is 0 Å². The quantitative estimate of drug-likeness (QED) is 0.173. The van der Waals surface area contributed by atoms with Crippen LogP contribution < -0.4 is 28.2 Å². The van der Waals surface area contributed by atoms with Crippen LogP contribution in [0.5, 0.6) is 0 Å². The molecule has 0 N–H and O–H groups in total. The van der Waals surface area contributed by atoms with Gasteiger partial charge in [-0.1, -0.05) is 0 Å². The Hall–Kier alpha value is 2.39. The molecule has 0 amide bonds. The molecule has 0 fully saturated rings. The molecule has 0 nitrogen and oxygen atoms in total. The summed E-state index contributed by atoms with van der Waals surface area (Å²) >= 11 is 0. The van der Waals surface area contributed by atoms with E-state index < -0.39 is 0 Å². The fourth-order valence-corrected chi connectivity index (χ4v) is 0. The molecule has 48 valence electrons. The largest absolute Gasteiger partial charge is 2.00 e. The summed E-state index contributed by atoms with van der Waals surface area (Å²) in [6.07, 6.45) is 0. The summed E-state index contributed by atoms with van der Waals surface area (Å²) in [4.78, 5) is 0. The molecular weight excluding hydrogens is 716 g/mol. The number of hydrogen-bond acceptors (Lipinski definition) is 0. The van der Waals surface area contributed by atoms with Gasteiger partial charge < -0.3 is 28.2 Å². The van der Waals surface area contributed by atoms with Gasteiger partial charge in [-0.2, -0.15) is 0 Å². The zero-order chi connectivity index (χ0) is 0. The molecule has 0 atom stereocenters. The van der Waals surface area contributed by atoms with E-state index in [9.17, 15) is 0 Å². The molecule has 0 unspecified atom stereocenters. The van der Waals surface area contributed by atoms with Crippen molar-refractivity contribution in [1.29, 1.82) is 0 Å². The molecule has 0 rings (SSSR count). The molecule has 0 spiro atoms. The second kappa shape index (κ2) is 161. The molecule has 0 saturated heterocycles. The van der Waals surface area contributed by atoms with Gasteiger partial charge in [-0.25, -0.2) is 0 Å². The normalized spacial score (nSPS) is 0. The van der Waals surface area contributed by atoms with Crippen molar-refractivity contribution >= 4 is 0 Å². The maximum Gasteiger partial charge on any atom is 2.00 e. The van der Waals surface area contributed by atoms with Crippen molar-refractivity contribution in [2.75, 3.05) is 0 Å². The van der Waals surface area contributed by atoms with Gasteiger partial charge in [0.25, 0.3) is 0 Å². The molecule has 0 aliphatic carbocycles. The van der Waals surface area contributed by atoms with Crippen LogP contribution in [-0.4, -0.2) is 0 Å². The monoisotopic (exact) mass is 720 g/mol. The Bertz CT molecular complexity index is 8.26. The third-order valence-electron chi connectivity index (χ3n) is 0. The SMILES string of the molecule is [F-].[F-].[F-].[F-].[F-].[F-].[Hg+2].[Hg+2].[Hg+2]. The Morgan fingerprint density at radius 3 is 0.222 bits per heavy atom. The molecule has 9 heavy (non-hydrogen) atoms. The van der Waals surface area contributed by atoms with Crippen LogP contribution in [0.25, 0.3) is 0 Å². The van der Waals surface area contributed by atoms with E-state index in [1.165, 1.54) is 0 Å². The summed E-state index contributed by atoms with van der Waals surface area (Å²) < 4.78 is 0. The predicted octanol–water partition coefficient (Wildman–Crippen LogP) is -18.0. The maximum atomic E-state index is 0. The van der Waals surface area contributed by atoms with Crippen molar-refractivity contribution in [1.82, 2.24) is 0 Å². The van der Waals surface area contributed by atoms with Gasteiger partial charge in [-0.15, -0.1) is 0 Å². The average Bonchev–Trinajstić information content (AvgIpc) is 0. The van der Waals surface area contributed by atoms with Gasteiger partial charge >= 0.3 is 83.0 Å². The van der Waals surface area contributed by atoms with E-state index in [0.717, 1.165) is 0 Å². The molecule has 0 aromatic heterocycles. The molecule has 9 heteroatoms. The Labute approximate surface area is 110 Å². The van der Waals surface area contributed by atoms with Gasteiger partial charge in [-0.05, 0) is 0 Å². The average molecular weight is 716 g/mol. The van der Waals surface area contributed by atoms with E-state index in [1.807, 2.05) is 0 Å². The topological polar surface area (TPSA) is 0 Å². The zero-order valence-corrected chi connectivity index (χ0v) is 20.9. The number of halogens is 6. The molecule has 0 aliphatic rings. The third kappa shape index (κ3) is 128. The van der Waals surface area contributed by atoms with Gasteiger partial charge in [-0.3, -0.25) is 0 Å². The van der Waals surface area contributed by atoms with Crippen LogP contribution in [0.1, 0.15) is 0 Å². The van der Waals surface area contributed by atoms with E-state index in [0.29, 0.717) is 0 Å². The smallest absolute Gasteiger partial charge is 1.00 e. The van der Waals surface area contributed by atoms with E-state index in [2.05, 4.69) is 0 Å². The van der Waals surface area contributed by atoms with Crippen LogP contribution in [0.2, 0.25) is 0 Å². The van der Waals surface area contributed by atoms with Crippen molar-refractivity contribution in [3.63, 3.8) is 0 Å². The van der Waals surface area contributed by atoms with E-state index >= 15 is 0 Å². The first kappa shape index (κ1) is 216. The molecule has 0 heterocycles. The van der Waals surface area contributed by atoms with Gasteiger partial charge in [0.2, 0.25) is 0 Å². The molecule has 0 aromatic carbocycles. The minimum atomic E-state index is 0. The molecule has 0 aliphatic heterocycles. The molecule has 0 saturated carbocycles. The van der Waals surface area contributed by atoms with Crippen molar-refractivity contribution in [3.05, 3.63) is 0 Å². The van der Waals surface area contributed by atoms with E-state index in [1.54, 1.807) is 0 Å². The standard InChI is InChI=1S/6FH.3Hg/h6*1H;;;/q;;;;;;3*+2/p-6. The number of hydrogen-bond donors (Lipinski definition) is 0. The minimum absolute atomic E-state index is 0. The fraction of sp³-hybridized carbons (Fsp3) is 0. The molecule has 0 radical (unpaired) electrons. The zero-order valence-electron chi connectivity index (χ0n) is 4.39. The molecule has 0 bridgehead atoms. The van der Waals surface area contributed by atoms with E-state index in [-0.39, 0.29) is 111 Å². The Morgan fingerprint density at radius 2 is 0.222 bits per heavy atom. The van der Waals surface area contributed by atoms with Crippen LogP contribution >= 0.6 is 0 Å². The summed E-state index contributed by atoms with van der Waals surface area (Å²) in [5, 5.41) is 0. The van der Waals surface area contributed by atoms with Crippen LogP contribution in [0.4, 0.5) is 0 Å². The molecular formula is F6Hg3. The van der Waals surface area contributed by atoms with Crippen molar-refractivity contribution in [2.24, 2.45) is 0 Å². The van der Waals surface area contributed by atoms with Gasteiger partial charge in [0.15, 0.2) is 0 Å². The third-order valence-corrected chi connectivity index (χ3v) is 0. The first-order valence-electron chi connectivity index (χ1n) is 0. The van der Waals surface area contributed by atoms with Crippen molar-refractivity contribution in [2.45, 2.75) is 0 Å². The summed E-state index contributed by atoms with van der Waals surface area (Å²) in [5.41, 5.74) is 0. The Morgan fingerprint density at radius 1 is 0.222 bits per heavy atom. The van der Waals surface area contributed by atoms with Crippen LogP contribution in [0.15, 0.2) is 0 Å². The summed E-state index contributed by atoms with van der Waals surface area (Å²) in [5.74, 6) is 0. The summed E-state index contributed by atoms with van der Waals surface area (Å²) in [6, 6.07) is 0. The predicted molar refractivity (Wildman–Crippen MR) is 0 cm³/mol. The van der Waals surface area contributed by atoms with Crippen LogP contribution in [0, 0.1) is 0 Å². The Kier molecular flexibility index (Phi) is 3860. The van der Waals surface area contributed by atoms with Gasteiger partial charge in [0.05, 0.1) is 0 Å². The maximum absolute atomic E-state index is 0. The van der Waals surface area contributed by atoms with Crippen LogP contribution in [-0.2, 0) is 83.0 Å².